The molecule has 0 spiro atoms. The average molecular weight is 400 g/mol. The molecule has 1 fully saturated rings. The first kappa shape index (κ1) is 15.5. The van der Waals surface area contributed by atoms with Crippen LogP contribution in [0.5, 0.6) is 0 Å². The lowest BCUT2D eigenvalue weighted by atomic mass is 10.1. The predicted octanol–water partition coefficient (Wildman–Crippen LogP) is 4.70. The van der Waals surface area contributed by atoms with Crippen molar-refractivity contribution in [3.05, 3.63) is 62.4 Å². The average Bonchev–Trinajstić information content (AvgIpc) is 3.31. The van der Waals surface area contributed by atoms with E-state index in [4.69, 9.17) is 4.98 Å². The highest BCUT2D eigenvalue weighted by molar-refractivity contribution is 9.10. The number of hydrogen-bond donors (Lipinski definition) is 1. The maximum Gasteiger partial charge on any atom is 0.272 e. The van der Waals surface area contributed by atoms with Crippen molar-refractivity contribution in [1.29, 1.82) is 0 Å². The van der Waals surface area contributed by atoms with Crippen molar-refractivity contribution < 1.29 is 4.79 Å². The maximum atomic E-state index is 12.6. The number of hydrogen-bond acceptors (Lipinski definition) is 4. The van der Waals surface area contributed by atoms with Gasteiger partial charge in [0, 0.05) is 27.0 Å². The Labute approximate surface area is 151 Å². The lowest BCUT2D eigenvalue weighted by molar-refractivity contribution is 0.0956. The minimum absolute atomic E-state index is 0.214. The monoisotopic (exact) mass is 399 g/mol. The molecular weight excluding hydrogens is 386 g/mol. The summed E-state index contributed by atoms with van der Waals surface area (Å²) in [5.41, 5.74) is 6.06. The molecule has 1 aliphatic carbocycles. The Bertz CT molecular complexity index is 933. The lowest BCUT2D eigenvalue weighted by Gasteiger charge is -2.08. The summed E-state index contributed by atoms with van der Waals surface area (Å²) in [5, 5.41) is 8.83. The third-order valence-corrected chi connectivity index (χ3v) is 5.15. The third-order valence-electron chi connectivity index (χ3n) is 3.95. The Morgan fingerprint density at radius 3 is 2.96 bits per heavy atom. The predicted molar refractivity (Wildman–Crippen MR) is 101 cm³/mol. The van der Waals surface area contributed by atoms with Crippen LogP contribution in [-0.2, 0) is 0 Å². The van der Waals surface area contributed by atoms with E-state index in [1.165, 1.54) is 0 Å². The molecule has 1 saturated carbocycles. The van der Waals surface area contributed by atoms with Crippen molar-refractivity contribution in [3.8, 4) is 0 Å². The molecule has 0 radical (unpaired) electrons. The molecule has 1 aliphatic rings. The number of carbonyl (C=O) groups excluding carboxylic acids is 1. The van der Waals surface area contributed by atoms with Crippen molar-refractivity contribution >= 4 is 50.3 Å². The molecule has 0 atom stereocenters. The van der Waals surface area contributed by atoms with Crippen LogP contribution in [0, 0.1) is 0 Å². The van der Waals surface area contributed by atoms with Gasteiger partial charge >= 0.3 is 0 Å². The second-order valence-electron chi connectivity index (χ2n) is 5.79. The van der Waals surface area contributed by atoms with E-state index >= 15 is 0 Å². The van der Waals surface area contributed by atoms with Gasteiger partial charge in [0.1, 0.15) is 0 Å². The van der Waals surface area contributed by atoms with Gasteiger partial charge in [0.25, 0.3) is 5.91 Å². The molecule has 1 amide bonds. The van der Waals surface area contributed by atoms with E-state index < -0.39 is 0 Å². The largest absolute Gasteiger partial charge is 0.272 e. The number of hydrazone groups is 1. The minimum atomic E-state index is -0.214. The quantitative estimate of drug-likeness (QED) is 0.510. The smallest absolute Gasteiger partial charge is 0.267 e. The fourth-order valence-electron chi connectivity index (χ4n) is 2.57. The number of thiophene rings is 1. The number of halogens is 1. The summed E-state index contributed by atoms with van der Waals surface area (Å²) in [6.45, 7) is 0. The first-order valence-electron chi connectivity index (χ1n) is 7.66. The SMILES string of the molecule is O=C(N/N=C/c1ccsc1)c1cc(C2CC2)nc2ccc(Br)cc12. The summed E-state index contributed by atoms with van der Waals surface area (Å²) in [7, 11) is 0. The van der Waals surface area contributed by atoms with Crippen molar-refractivity contribution in [3.63, 3.8) is 0 Å². The third kappa shape index (κ3) is 3.25. The number of pyridine rings is 1. The van der Waals surface area contributed by atoms with Crippen molar-refractivity contribution in [2.75, 3.05) is 0 Å². The number of nitrogens with zero attached hydrogens (tertiary/aromatic N) is 2. The van der Waals surface area contributed by atoms with Gasteiger partial charge in [0.2, 0.25) is 0 Å². The number of amides is 1. The van der Waals surface area contributed by atoms with E-state index in [0.29, 0.717) is 11.5 Å². The molecule has 0 aliphatic heterocycles. The molecular formula is C18H14BrN3OS. The fraction of sp³-hybridized carbons (Fsp3) is 0.167. The molecule has 4 nitrogen and oxygen atoms in total. The highest BCUT2D eigenvalue weighted by atomic mass is 79.9. The summed E-state index contributed by atoms with van der Waals surface area (Å²) >= 11 is 5.06. The number of aromatic nitrogens is 1. The molecule has 0 unspecified atom stereocenters. The zero-order valence-electron chi connectivity index (χ0n) is 12.7. The van der Waals surface area contributed by atoms with Gasteiger partial charge in [-0.1, -0.05) is 15.9 Å². The Balaban J connectivity index is 1.68. The molecule has 0 bridgehead atoms. The Morgan fingerprint density at radius 1 is 1.33 bits per heavy atom. The zero-order chi connectivity index (χ0) is 16.5. The van der Waals surface area contributed by atoms with Gasteiger partial charge in [0.15, 0.2) is 0 Å². The zero-order valence-corrected chi connectivity index (χ0v) is 15.1. The maximum absolute atomic E-state index is 12.6. The van der Waals surface area contributed by atoms with E-state index in [0.717, 1.165) is 39.5 Å². The van der Waals surface area contributed by atoms with Crippen LogP contribution in [0.4, 0.5) is 0 Å². The number of fused-ring (bicyclic) bond motifs is 1. The summed E-state index contributed by atoms with van der Waals surface area (Å²) in [4.78, 5) is 17.3. The van der Waals surface area contributed by atoms with Crippen LogP contribution in [-0.4, -0.2) is 17.1 Å². The van der Waals surface area contributed by atoms with Gasteiger partial charge in [-0.15, -0.1) is 0 Å². The topological polar surface area (TPSA) is 54.4 Å². The number of carbonyl (C=O) groups is 1. The fourth-order valence-corrected chi connectivity index (χ4v) is 3.54. The molecule has 4 rings (SSSR count). The normalized spacial score (nSPS) is 14.4. The highest BCUT2D eigenvalue weighted by Crippen LogP contribution is 2.40. The van der Waals surface area contributed by atoms with E-state index in [-0.39, 0.29) is 5.91 Å². The van der Waals surface area contributed by atoms with Crippen LogP contribution >= 0.6 is 27.3 Å². The van der Waals surface area contributed by atoms with Gasteiger partial charge in [-0.3, -0.25) is 9.78 Å². The van der Waals surface area contributed by atoms with Crippen LogP contribution in [0.1, 0.15) is 40.4 Å². The van der Waals surface area contributed by atoms with E-state index in [1.807, 2.05) is 41.1 Å². The van der Waals surface area contributed by atoms with E-state index in [2.05, 4.69) is 26.5 Å². The molecule has 2 heterocycles. The first-order chi connectivity index (χ1) is 11.7. The van der Waals surface area contributed by atoms with Crippen LogP contribution in [0.25, 0.3) is 10.9 Å². The lowest BCUT2D eigenvalue weighted by Crippen LogP contribution is -2.18. The van der Waals surface area contributed by atoms with Crippen molar-refractivity contribution in [1.82, 2.24) is 10.4 Å². The van der Waals surface area contributed by atoms with Gasteiger partial charge in [-0.2, -0.15) is 16.4 Å². The Morgan fingerprint density at radius 2 is 2.21 bits per heavy atom. The molecule has 6 heteroatoms. The molecule has 0 saturated heterocycles. The Kier molecular flexibility index (Phi) is 4.16. The molecule has 3 aromatic rings. The number of rotatable bonds is 4. The van der Waals surface area contributed by atoms with Crippen molar-refractivity contribution in [2.24, 2.45) is 5.10 Å². The number of nitrogens with one attached hydrogen (secondary N) is 1. The van der Waals surface area contributed by atoms with Crippen LogP contribution in [0.15, 0.2) is 50.7 Å². The molecule has 120 valence electrons. The molecule has 1 N–H and O–H groups in total. The molecule has 1 aromatic carbocycles. The van der Waals surface area contributed by atoms with Gasteiger partial charge in [-0.05, 0) is 53.9 Å². The second kappa shape index (κ2) is 6.45. The van der Waals surface area contributed by atoms with Gasteiger partial charge in [-0.25, -0.2) is 5.43 Å². The minimum Gasteiger partial charge on any atom is -0.267 e. The standard InChI is InChI=1S/C18H14BrN3OS/c19-13-3-4-16-14(7-13)15(8-17(21-16)12-1-2-12)18(23)22-20-9-11-5-6-24-10-11/h3-10,12H,1-2H2,(H,22,23)/b20-9+. The first-order valence-corrected chi connectivity index (χ1v) is 9.40. The van der Waals surface area contributed by atoms with E-state index in [1.54, 1.807) is 17.6 Å². The summed E-state index contributed by atoms with van der Waals surface area (Å²) in [5.74, 6) is 0.271. The molecule has 2 aromatic heterocycles. The molecule has 24 heavy (non-hydrogen) atoms. The highest BCUT2D eigenvalue weighted by Gasteiger charge is 2.27. The van der Waals surface area contributed by atoms with Gasteiger partial charge in [0.05, 0.1) is 17.3 Å². The van der Waals surface area contributed by atoms with Crippen LogP contribution in [0.3, 0.4) is 0 Å². The van der Waals surface area contributed by atoms with E-state index in [9.17, 15) is 4.79 Å². The number of benzene rings is 1. The Hall–Kier alpha value is -2.05. The summed E-state index contributed by atoms with van der Waals surface area (Å²) in [6, 6.07) is 9.67. The van der Waals surface area contributed by atoms with Gasteiger partial charge < -0.3 is 0 Å². The summed E-state index contributed by atoms with van der Waals surface area (Å²) < 4.78 is 0.923. The van der Waals surface area contributed by atoms with Crippen LogP contribution < -0.4 is 5.43 Å². The van der Waals surface area contributed by atoms with Crippen molar-refractivity contribution in [2.45, 2.75) is 18.8 Å². The van der Waals surface area contributed by atoms with Crippen LogP contribution in [0.2, 0.25) is 0 Å². The summed E-state index contributed by atoms with van der Waals surface area (Å²) in [6.07, 6.45) is 3.94. The second-order valence-corrected chi connectivity index (χ2v) is 7.48.